The molecule has 5 nitrogen and oxygen atoms in total. The number of nitrogens with zero attached hydrogens (tertiary/aromatic N) is 2. The van der Waals surface area contributed by atoms with Gasteiger partial charge in [-0.2, -0.15) is 0 Å². The van der Waals surface area contributed by atoms with Gasteiger partial charge in [-0.25, -0.2) is 14.2 Å². The maximum atomic E-state index is 15.8. The van der Waals surface area contributed by atoms with Crippen molar-refractivity contribution in [3.8, 4) is 0 Å². The molecule has 1 aromatic rings. The Morgan fingerprint density at radius 1 is 1.12 bits per heavy atom. The number of likely N-dealkylation sites (tertiary alicyclic amines) is 1. The van der Waals surface area contributed by atoms with Gasteiger partial charge < -0.3 is 14.4 Å². The topological polar surface area (TPSA) is 51.7 Å². The van der Waals surface area contributed by atoms with E-state index >= 15 is 4.39 Å². The minimum absolute atomic E-state index is 0.0967. The lowest BCUT2D eigenvalue weighted by Gasteiger charge is -2.41. The largest absolute Gasteiger partial charge is 0.444 e. The molecule has 0 aromatic carbocycles. The number of thiazole rings is 1. The third-order valence-corrected chi connectivity index (χ3v) is 16.5. The van der Waals surface area contributed by atoms with Gasteiger partial charge in [0.1, 0.15) is 13.7 Å². The van der Waals surface area contributed by atoms with Crippen LogP contribution in [0.4, 0.5) is 9.18 Å². The zero-order chi connectivity index (χ0) is 24.8. The molecule has 2 saturated heterocycles. The maximum Gasteiger partial charge on any atom is 0.410 e. The van der Waals surface area contributed by atoms with Gasteiger partial charge in [-0.1, -0.05) is 41.5 Å². The monoisotopic (exact) mass is 498 g/mol. The normalized spacial score (nSPS) is 20.0. The Kier molecular flexibility index (Phi) is 7.72. The minimum atomic E-state index is -1.99. The third-order valence-electron chi connectivity index (χ3n) is 7.49. The van der Waals surface area contributed by atoms with Crippen LogP contribution in [0.1, 0.15) is 91.6 Å². The fraction of sp³-hybridized carbons (Fsp3) is 0.840. The van der Waals surface area contributed by atoms with Crippen LogP contribution in [-0.2, 0) is 15.1 Å². The maximum absolute atomic E-state index is 15.8. The molecule has 0 spiro atoms. The lowest BCUT2D eigenvalue weighted by atomic mass is 9.89. The molecule has 0 bridgehead atoms. The van der Waals surface area contributed by atoms with Gasteiger partial charge >= 0.3 is 6.09 Å². The van der Waals surface area contributed by atoms with Crippen LogP contribution in [0.3, 0.4) is 0 Å². The highest BCUT2D eigenvalue weighted by Gasteiger charge is 2.51. The van der Waals surface area contributed by atoms with Crippen molar-refractivity contribution in [1.82, 2.24) is 9.88 Å². The second kappa shape index (κ2) is 9.57. The predicted molar refractivity (Wildman–Crippen MR) is 136 cm³/mol. The van der Waals surface area contributed by atoms with E-state index in [1.807, 2.05) is 20.8 Å². The van der Waals surface area contributed by atoms with Crippen molar-refractivity contribution >= 4 is 30.1 Å². The summed E-state index contributed by atoms with van der Waals surface area (Å²) < 4.78 is 27.9. The summed E-state index contributed by atoms with van der Waals surface area (Å²) >= 11 is 1.77. The van der Waals surface area contributed by atoms with Crippen LogP contribution < -0.4 is 4.63 Å². The number of hydrogen-bond acceptors (Lipinski definition) is 5. The van der Waals surface area contributed by atoms with E-state index in [2.05, 4.69) is 41.5 Å². The second-order valence-corrected chi connectivity index (χ2v) is 19.0. The number of piperidine rings is 1. The molecule has 0 saturated carbocycles. The molecule has 2 aliphatic heterocycles. The molecule has 0 unspecified atom stereocenters. The van der Waals surface area contributed by atoms with Crippen molar-refractivity contribution in [2.75, 3.05) is 26.3 Å². The zero-order valence-corrected chi connectivity index (χ0v) is 23.8. The number of aromatic nitrogens is 1. The van der Waals surface area contributed by atoms with Gasteiger partial charge in [-0.3, -0.25) is 0 Å². The van der Waals surface area contributed by atoms with E-state index < -0.39 is 19.3 Å². The van der Waals surface area contributed by atoms with Gasteiger partial charge in [0.15, 0.2) is 5.67 Å². The molecule has 1 amide bonds. The molecule has 188 valence electrons. The fourth-order valence-corrected chi connectivity index (χ4v) is 15.9. The number of rotatable bonds is 6. The molecule has 2 fully saturated rings. The smallest absolute Gasteiger partial charge is 0.410 e. The molecule has 8 heteroatoms. The summed E-state index contributed by atoms with van der Waals surface area (Å²) in [4.78, 5) is 20.5. The van der Waals surface area contributed by atoms with E-state index in [1.54, 1.807) is 16.2 Å². The first kappa shape index (κ1) is 26.6. The van der Waals surface area contributed by atoms with Crippen molar-refractivity contribution in [3.63, 3.8) is 0 Å². The van der Waals surface area contributed by atoms with Crippen LogP contribution >= 0.6 is 11.3 Å². The Labute approximate surface area is 204 Å². The quantitative estimate of drug-likeness (QED) is 0.430. The Bertz CT molecular complexity index is 815. The Balaban J connectivity index is 1.93. The van der Waals surface area contributed by atoms with Crippen LogP contribution in [-0.4, -0.2) is 56.0 Å². The van der Waals surface area contributed by atoms with E-state index in [-0.39, 0.29) is 25.2 Å². The molecule has 0 radical (unpaired) electrons. The highest BCUT2D eigenvalue weighted by atomic mass is 32.1. The summed E-state index contributed by atoms with van der Waals surface area (Å²) in [6, 6.07) is 0. The van der Waals surface area contributed by atoms with Crippen molar-refractivity contribution < 1.29 is 18.7 Å². The first-order valence-corrected chi connectivity index (χ1v) is 15.5. The number of ether oxygens (including phenoxy) is 2. The Hall–Kier alpha value is -0.993. The molecule has 3 heterocycles. The number of carbonyl (C=O) groups is 1. The molecule has 0 atom stereocenters. The SMILES string of the molecule is CC(C)[Si](c1nc(C2(F)COC2)c(C2CCN(C(=O)OC(C)(C)C)CC2)s1)(C(C)C)C(C)C. The molecule has 3 rings (SSSR count). The van der Waals surface area contributed by atoms with Crippen molar-refractivity contribution in [2.45, 2.75) is 109 Å². The molecule has 2 aliphatic rings. The second-order valence-electron chi connectivity index (χ2n) is 11.8. The number of hydrogen-bond donors (Lipinski definition) is 0. The van der Waals surface area contributed by atoms with E-state index in [4.69, 9.17) is 14.5 Å². The Morgan fingerprint density at radius 2 is 1.64 bits per heavy atom. The summed E-state index contributed by atoms with van der Waals surface area (Å²) in [6.45, 7) is 21.1. The molecule has 0 aliphatic carbocycles. The van der Waals surface area contributed by atoms with E-state index in [0.29, 0.717) is 35.4 Å². The standard InChI is InChI=1S/C25H43FN2O3SSi/c1-16(2)33(17(3)4,18(5)6)22-27-21(25(26)14-30-15-25)20(32-22)19-10-12-28(13-11-19)23(29)31-24(7,8)9/h16-19H,10-15H2,1-9H3. The van der Waals surface area contributed by atoms with Gasteiger partial charge in [0.25, 0.3) is 0 Å². The molecular weight excluding hydrogens is 455 g/mol. The van der Waals surface area contributed by atoms with Gasteiger partial charge in [-0.15, -0.1) is 11.3 Å². The number of amides is 1. The van der Waals surface area contributed by atoms with Crippen molar-refractivity contribution in [2.24, 2.45) is 0 Å². The predicted octanol–water partition coefficient (Wildman–Crippen LogP) is 6.34. The summed E-state index contributed by atoms with van der Waals surface area (Å²) in [6.07, 6.45) is 1.36. The minimum Gasteiger partial charge on any atom is -0.444 e. The van der Waals surface area contributed by atoms with Crippen LogP contribution in [0.2, 0.25) is 16.6 Å². The van der Waals surface area contributed by atoms with Crippen LogP contribution in [0.25, 0.3) is 0 Å². The number of alkyl halides is 1. The molecule has 0 N–H and O–H groups in total. The van der Waals surface area contributed by atoms with Crippen molar-refractivity contribution in [3.05, 3.63) is 10.6 Å². The fourth-order valence-electron chi connectivity index (χ4n) is 5.92. The molecule has 1 aromatic heterocycles. The highest BCUT2D eigenvalue weighted by Crippen LogP contribution is 2.46. The van der Waals surface area contributed by atoms with Gasteiger partial charge in [0, 0.05) is 18.0 Å². The molecule has 33 heavy (non-hydrogen) atoms. The lowest BCUT2D eigenvalue weighted by Crippen LogP contribution is -2.56. The number of carbonyl (C=O) groups excluding carboxylic acids is 1. The van der Waals surface area contributed by atoms with Gasteiger partial charge in [-0.05, 0) is 56.2 Å². The average molecular weight is 499 g/mol. The molecular formula is C25H43FN2O3SSi. The van der Waals surface area contributed by atoms with E-state index in [0.717, 1.165) is 17.7 Å². The first-order valence-electron chi connectivity index (χ1n) is 12.5. The summed E-state index contributed by atoms with van der Waals surface area (Å²) in [5.41, 5.74) is 0.210. The average Bonchev–Trinajstić information content (AvgIpc) is 3.10. The third kappa shape index (κ3) is 5.03. The van der Waals surface area contributed by atoms with Crippen LogP contribution in [0.5, 0.6) is 0 Å². The van der Waals surface area contributed by atoms with Gasteiger partial charge in [0.2, 0.25) is 0 Å². The summed E-state index contributed by atoms with van der Waals surface area (Å²) in [7, 11) is -1.99. The summed E-state index contributed by atoms with van der Waals surface area (Å²) in [5.74, 6) is 0.219. The van der Waals surface area contributed by atoms with E-state index in [1.165, 1.54) is 4.63 Å². The Morgan fingerprint density at radius 3 is 2.03 bits per heavy atom. The highest BCUT2D eigenvalue weighted by molar-refractivity contribution is 7.27. The first-order chi connectivity index (χ1) is 15.2. The van der Waals surface area contributed by atoms with Crippen LogP contribution in [0.15, 0.2) is 0 Å². The van der Waals surface area contributed by atoms with Crippen LogP contribution in [0, 0.1) is 0 Å². The van der Waals surface area contributed by atoms with Gasteiger partial charge in [0.05, 0.1) is 23.5 Å². The zero-order valence-electron chi connectivity index (χ0n) is 22.0. The lowest BCUT2D eigenvalue weighted by molar-refractivity contribution is -0.137. The number of halogens is 1. The summed E-state index contributed by atoms with van der Waals surface area (Å²) in [5, 5.41) is 0. The van der Waals surface area contributed by atoms with E-state index in [9.17, 15) is 4.79 Å². The van der Waals surface area contributed by atoms with Crippen molar-refractivity contribution in [1.29, 1.82) is 0 Å².